The Morgan fingerprint density at radius 1 is 1.31 bits per heavy atom. The van der Waals surface area contributed by atoms with E-state index in [-0.39, 0.29) is 0 Å². The molecule has 70 valence electrons. The van der Waals surface area contributed by atoms with Crippen LogP contribution in [0.15, 0.2) is 12.1 Å². The minimum absolute atomic E-state index is 0.298. The second-order valence-electron chi connectivity index (χ2n) is 3.41. The Balaban J connectivity index is 2.54. The van der Waals surface area contributed by atoms with Crippen molar-refractivity contribution in [2.24, 2.45) is 5.73 Å². The van der Waals surface area contributed by atoms with Gasteiger partial charge in [0.15, 0.2) is 11.6 Å². The second kappa shape index (κ2) is 2.42. The van der Waals surface area contributed by atoms with Crippen LogP contribution in [-0.4, -0.2) is 5.11 Å². The predicted octanol–water partition coefficient (Wildman–Crippen LogP) is 1.62. The number of rotatable bonds is 1. The number of aromatic hydroxyl groups is 1. The molecule has 1 aliphatic rings. The van der Waals surface area contributed by atoms with Crippen LogP contribution in [0.1, 0.15) is 18.4 Å². The van der Waals surface area contributed by atoms with Gasteiger partial charge in [-0.05, 0) is 18.9 Å². The van der Waals surface area contributed by atoms with Crippen molar-refractivity contribution in [1.82, 2.24) is 0 Å². The van der Waals surface area contributed by atoms with E-state index in [1.54, 1.807) is 0 Å². The minimum atomic E-state index is -1.21. The second-order valence-corrected chi connectivity index (χ2v) is 3.41. The van der Waals surface area contributed by atoms with E-state index in [9.17, 15) is 13.9 Å². The maximum atomic E-state index is 12.9. The standard InChI is InChI=1S/C9H9F2NO/c10-6-2-1-5(8(13)7(6)11)9(12)3-4-9/h1-2,13H,3-4,12H2. The summed E-state index contributed by atoms with van der Waals surface area (Å²) in [5.41, 5.74) is 5.40. The summed E-state index contributed by atoms with van der Waals surface area (Å²) in [7, 11) is 0. The highest BCUT2D eigenvalue weighted by Crippen LogP contribution is 2.46. The van der Waals surface area contributed by atoms with Crippen molar-refractivity contribution < 1.29 is 13.9 Å². The smallest absolute Gasteiger partial charge is 0.200 e. The van der Waals surface area contributed by atoms with E-state index >= 15 is 0 Å². The number of hydrogen-bond acceptors (Lipinski definition) is 2. The van der Waals surface area contributed by atoms with Crippen LogP contribution in [0.4, 0.5) is 8.78 Å². The first-order valence-electron chi connectivity index (χ1n) is 4.01. The van der Waals surface area contributed by atoms with Crippen molar-refractivity contribution in [3.63, 3.8) is 0 Å². The molecule has 0 aliphatic heterocycles. The average molecular weight is 185 g/mol. The van der Waals surface area contributed by atoms with Crippen LogP contribution < -0.4 is 5.73 Å². The molecule has 0 unspecified atom stereocenters. The Morgan fingerprint density at radius 3 is 2.46 bits per heavy atom. The van der Waals surface area contributed by atoms with Gasteiger partial charge in [0.1, 0.15) is 0 Å². The molecule has 0 spiro atoms. The van der Waals surface area contributed by atoms with Crippen LogP contribution in [0, 0.1) is 11.6 Å². The first-order chi connectivity index (χ1) is 6.04. The molecule has 0 saturated heterocycles. The molecule has 1 fully saturated rings. The van der Waals surface area contributed by atoms with Gasteiger partial charge in [0.2, 0.25) is 5.82 Å². The summed E-state index contributed by atoms with van der Waals surface area (Å²) in [6, 6.07) is 2.32. The van der Waals surface area contributed by atoms with Gasteiger partial charge in [0.25, 0.3) is 0 Å². The zero-order valence-corrected chi connectivity index (χ0v) is 6.85. The largest absolute Gasteiger partial charge is 0.505 e. The highest BCUT2D eigenvalue weighted by molar-refractivity contribution is 5.42. The lowest BCUT2D eigenvalue weighted by molar-refractivity contribution is 0.396. The van der Waals surface area contributed by atoms with Crippen LogP contribution in [0.25, 0.3) is 0 Å². The highest BCUT2D eigenvalue weighted by Gasteiger charge is 2.42. The quantitative estimate of drug-likeness (QED) is 0.698. The number of phenolic OH excluding ortho intramolecular Hbond substituents is 1. The maximum absolute atomic E-state index is 12.9. The summed E-state index contributed by atoms with van der Waals surface area (Å²) < 4.78 is 25.5. The van der Waals surface area contributed by atoms with Crippen molar-refractivity contribution in [2.75, 3.05) is 0 Å². The third kappa shape index (κ3) is 1.18. The van der Waals surface area contributed by atoms with E-state index in [0.717, 1.165) is 6.07 Å². The van der Waals surface area contributed by atoms with E-state index in [1.807, 2.05) is 0 Å². The summed E-state index contributed by atoms with van der Waals surface area (Å²) in [4.78, 5) is 0. The zero-order chi connectivity index (χ0) is 9.64. The molecule has 1 aromatic carbocycles. The lowest BCUT2D eigenvalue weighted by atomic mass is 10.0. The average Bonchev–Trinajstić information content (AvgIpc) is 2.80. The van der Waals surface area contributed by atoms with Crippen LogP contribution in [0.2, 0.25) is 0 Å². The molecule has 0 radical (unpaired) electrons. The van der Waals surface area contributed by atoms with E-state index in [0.29, 0.717) is 18.4 Å². The summed E-state index contributed by atoms with van der Waals surface area (Å²) in [6.07, 6.45) is 1.40. The van der Waals surface area contributed by atoms with Gasteiger partial charge in [-0.15, -0.1) is 0 Å². The van der Waals surface area contributed by atoms with Crippen molar-refractivity contribution in [2.45, 2.75) is 18.4 Å². The molecule has 0 amide bonds. The Bertz CT molecular complexity index is 361. The molecule has 3 N–H and O–H groups in total. The Morgan fingerprint density at radius 2 is 1.92 bits per heavy atom. The molecule has 4 heteroatoms. The van der Waals surface area contributed by atoms with Gasteiger partial charge in [0.05, 0.1) is 0 Å². The topological polar surface area (TPSA) is 46.2 Å². The minimum Gasteiger partial charge on any atom is -0.505 e. The summed E-state index contributed by atoms with van der Waals surface area (Å²) in [5, 5.41) is 9.26. The molecule has 2 nitrogen and oxygen atoms in total. The SMILES string of the molecule is NC1(c2ccc(F)c(F)c2O)CC1. The lowest BCUT2D eigenvalue weighted by Crippen LogP contribution is -2.19. The molecule has 0 heterocycles. The zero-order valence-electron chi connectivity index (χ0n) is 6.85. The van der Waals surface area contributed by atoms with E-state index < -0.39 is 22.9 Å². The molecule has 13 heavy (non-hydrogen) atoms. The number of hydrogen-bond donors (Lipinski definition) is 2. The summed E-state index contributed by atoms with van der Waals surface area (Å²) in [5.74, 6) is -2.92. The third-order valence-electron chi connectivity index (χ3n) is 2.39. The van der Waals surface area contributed by atoms with Gasteiger partial charge in [-0.2, -0.15) is 4.39 Å². The Labute approximate surface area is 74.0 Å². The van der Waals surface area contributed by atoms with Crippen molar-refractivity contribution >= 4 is 0 Å². The van der Waals surface area contributed by atoms with Crippen LogP contribution in [0.5, 0.6) is 5.75 Å². The number of nitrogens with two attached hydrogens (primary N) is 1. The molecule has 0 aromatic heterocycles. The van der Waals surface area contributed by atoms with Gasteiger partial charge in [0, 0.05) is 11.1 Å². The summed E-state index contributed by atoms with van der Waals surface area (Å²) in [6.45, 7) is 0. The first-order valence-corrected chi connectivity index (χ1v) is 4.01. The van der Waals surface area contributed by atoms with Crippen molar-refractivity contribution in [3.8, 4) is 5.75 Å². The summed E-state index contributed by atoms with van der Waals surface area (Å²) >= 11 is 0. The third-order valence-corrected chi connectivity index (χ3v) is 2.39. The van der Waals surface area contributed by atoms with Crippen molar-refractivity contribution in [1.29, 1.82) is 0 Å². The van der Waals surface area contributed by atoms with E-state index in [1.165, 1.54) is 6.07 Å². The Hall–Kier alpha value is -1.16. The molecule has 0 atom stereocenters. The molecular weight excluding hydrogens is 176 g/mol. The Kier molecular flexibility index (Phi) is 1.57. The van der Waals surface area contributed by atoms with Gasteiger partial charge in [-0.25, -0.2) is 4.39 Å². The fourth-order valence-corrected chi connectivity index (χ4v) is 1.35. The van der Waals surface area contributed by atoms with Gasteiger partial charge < -0.3 is 10.8 Å². The molecule has 2 rings (SSSR count). The van der Waals surface area contributed by atoms with E-state index in [2.05, 4.69) is 0 Å². The van der Waals surface area contributed by atoms with Gasteiger partial charge >= 0.3 is 0 Å². The molecule has 0 bridgehead atoms. The molecule has 1 saturated carbocycles. The molecular formula is C9H9F2NO. The normalized spacial score (nSPS) is 18.7. The van der Waals surface area contributed by atoms with Crippen LogP contribution in [0.3, 0.4) is 0 Å². The van der Waals surface area contributed by atoms with Crippen LogP contribution >= 0.6 is 0 Å². The number of phenols is 1. The number of halogens is 2. The predicted molar refractivity (Wildman–Crippen MR) is 43.1 cm³/mol. The van der Waals surface area contributed by atoms with Gasteiger partial charge in [-0.3, -0.25) is 0 Å². The lowest BCUT2D eigenvalue weighted by Gasteiger charge is -2.11. The highest BCUT2D eigenvalue weighted by atomic mass is 19.2. The fourth-order valence-electron chi connectivity index (χ4n) is 1.35. The fraction of sp³-hybridized carbons (Fsp3) is 0.333. The van der Waals surface area contributed by atoms with Gasteiger partial charge in [-0.1, -0.05) is 6.07 Å². The molecule has 1 aromatic rings. The van der Waals surface area contributed by atoms with Crippen LogP contribution in [-0.2, 0) is 5.54 Å². The number of benzene rings is 1. The van der Waals surface area contributed by atoms with Crippen molar-refractivity contribution in [3.05, 3.63) is 29.3 Å². The molecule has 1 aliphatic carbocycles. The monoisotopic (exact) mass is 185 g/mol. The first kappa shape index (κ1) is 8.44. The van der Waals surface area contributed by atoms with E-state index in [4.69, 9.17) is 5.73 Å². The maximum Gasteiger partial charge on any atom is 0.200 e.